The van der Waals surface area contributed by atoms with E-state index in [9.17, 15) is 9.18 Å². The number of hydrogen-bond acceptors (Lipinski definition) is 3. The second kappa shape index (κ2) is 5.50. The molecule has 0 aliphatic rings. The molecule has 2 aromatic carbocycles. The Morgan fingerprint density at radius 2 is 1.91 bits per heavy atom. The maximum atomic E-state index is 13.8. The van der Waals surface area contributed by atoms with E-state index in [1.807, 2.05) is 20.8 Å². The third kappa shape index (κ3) is 3.08. The fraction of sp³-hybridized carbons (Fsp3) is 0.222. The van der Waals surface area contributed by atoms with Gasteiger partial charge < -0.3 is 9.73 Å². The first-order chi connectivity index (χ1) is 10.8. The first-order valence-electron chi connectivity index (χ1n) is 7.31. The number of oxazole rings is 1. The van der Waals surface area contributed by atoms with Crippen molar-refractivity contribution >= 4 is 22.7 Å². The first-order valence-corrected chi connectivity index (χ1v) is 7.31. The standard InChI is InChI=1S/C18H17FN2O2/c1-18(2,3)17(22)20-11-8-9-15-14(10-11)21-16(23-15)12-6-4-5-7-13(12)19/h4-10H,1-3H3,(H,20,22). The number of amides is 1. The third-order valence-electron chi connectivity index (χ3n) is 3.43. The van der Waals surface area contributed by atoms with Crippen molar-refractivity contribution in [2.75, 3.05) is 5.32 Å². The zero-order valence-corrected chi connectivity index (χ0v) is 13.2. The Morgan fingerprint density at radius 1 is 1.17 bits per heavy atom. The number of carbonyl (C=O) groups excluding carboxylic acids is 1. The number of halogens is 1. The summed E-state index contributed by atoms with van der Waals surface area (Å²) in [5, 5.41) is 2.84. The molecule has 0 saturated carbocycles. The van der Waals surface area contributed by atoms with Gasteiger partial charge in [0.15, 0.2) is 5.58 Å². The van der Waals surface area contributed by atoms with E-state index in [0.29, 0.717) is 22.4 Å². The minimum absolute atomic E-state index is 0.0883. The summed E-state index contributed by atoms with van der Waals surface area (Å²) in [4.78, 5) is 16.4. The summed E-state index contributed by atoms with van der Waals surface area (Å²) in [7, 11) is 0. The van der Waals surface area contributed by atoms with Gasteiger partial charge >= 0.3 is 0 Å². The molecule has 4 nitrogen and oxygen atoms in total. The predicted octanol–water partition coefficient (Wildman–Crippen LogP) is 4.62. The van der Waals surface area contributed by atoms with Crippen LogP contribution in [-0.2, 0) is 4.79 Å². The molecule has 5 heteroatoms. The van der Waals surface area contributed by atoms with Gasteiger partial charge in [0.05, 0.1) is 5.56 Å². The monoisotopic (exact) mass is 312 g/mol. The van der Waals surface area contributed by atoms with E-state index in [-0.39, 0.29) is 17.6 Å². The molecule has 0 unspecified atom stereocenters. The maximum absolute atomic E-state index is 13.8. The van der Waals surface area contributed by atoms with Gasteiger partial charge in [0.2, 0.25) is 11.8 Å². The summed E-state index contributed by atoms with van der Waals surface area (Å²) in [6, 6.07) is 11.5. The van der Waals surface area contributed by atoms with Gasteiger partial charge in [-0.2, -0.15) is 0 Å². The summed E-state index contributed by atoms with van der Waals surface area (Å²) < 4.78 is 19.4. The zero-order valence-electron chi connectivity index (χ0n) is 13.2. The number of rotatable bonds is 2. The van der Waals surface area contributed by atoms with Crippen LogP contribution in [0.15, 0.2) is 46.9 Å². The quantitative estimate of drug-likeness (QED) is 0.751. The lowest BCUT2D eigenvalue weighted by Gasteiger charge is -2.17. The average Bonchev–Trinajstić information content (AvgIpc) is 2.89. The lowest BCUT2D eigenvalue weighted by atomic mass is 9.95. The highest BCUT2D eigenvalue weighted by Crippen LogP contribution is 2.28. The van der Waals surface area contributed by atoms with E-state index < -0.39 is 5.41 Å². The molecule has 0 atom stereocenters. The van der Waals surface area contributed by atoms with Crippen LogP contribution in [-0.4, -0.2) is 10.9 Å². The van der Waals surface area contributed by atoms with Gasteiger partial charge in [0, 0.05) is 11.1 Å². The van der Waals surface area contributed by atoms with Crippen molar-refractivity contribution in [3.05, 3.63) is 48.3 Å². The van der Waals surface area contributed by atoms with Crippen molar-refractivity contribution < 1.29 is 13.6 Å². The molecule has 0 fully saturated rings. The Labute approximate surface area is 133 Å². The molecule has 118 valence electrons. The molecule has 0 bridgehead atoms. The molecule has 0 aliphatic heterocycles. The minimum atomic E-state index is -0.489. The first kappa shape index (κ1) is 15.2. The van der Waals surface area contributed by atoms with Gasteiger partial charge in [-0.25, -0.2) is 9.37 Å². The van der Waals surface area contributed by atoms with Crippen molar-refractivity contribution in [2.45, 2.75) is 20.8 Å². The Morgan fingerprint density at radius 3 is 2.61 bits per heavy atom. The molecular weight excluding hydrogens is 295 g/mol. The number of nitrogens with one attached hydrogen (secondary N) is 1. The molecule has 1 N–H and O–H groups in total. The molecule has 23 heavy (non-hydrogen) atoms. The Kier molecular flexibility index (Phi) is 3.64. The number of nitrogens with zero attached hydrogens (tertiary/aromatic N) is 1. The molecule has 0 spiro atoms. The summed E-state index contributed by atoms with van der Waals surface area (Å²) in [5.74, 6) is -0.257. The zero-order chi connectivity index (χ0) is 16.6. The number of aromatic nitrogens is 1. The van der Waals surface area contributed by atoms with E-state index in [1.165, 1.54) is 6.07 Å². The topological polar surface area (TPSA) is 55.1 Å². The number of carbonyl (C=O) groups is 1. The van der Waals surface area contributed by atoms with Crippen molar-refractivity contribution in [1.29, 1.82) is 0 Å². The molecule has 1 heterocycles. The summed E-state index contributed by atoms with van der Waals surface area (Å²) in [6.45, 7) is 5.52. The van der Waals surface area contributed by atoms with Gasteiger partial charge in [0.1, 0.15) is 11.3 Å². The molecule has 1 aromatic heterocycles. The highest BCUT2D eigenvalue weighted by atomic mass is 19.1. The Balaban J connectivity index is 1.96. The van der Waals surface area contributed by atoms with Gasteiger partial charge in [-0.3, -0.25) is 4.79 Å². The number of benzene rings is 2. The highest BCUT2D eigenvalue weighted by Gasteiger charge is 2.21. The van der Waals surface area contributed by atoms with Crippen molar-refractivity contribution in [2.24, 2.45) is 5.41 Å². The van der Waals surface area contributed by atoms with Crippen LogP contribution in [0.25, 0.3) is 22.6 Å². The molecule has 0 radical (unpaired) electrons. The van der Waals surface area contributed by atoms with Crippen LogP contribution < -0.4 is 5.32 Å². The highest BCUT2D eigenvalue weighted by molar-refractivity contribution is 5.96. The van der Waals surface area contributed by atoms with Gasteiger partial charge in [-0.1, -0.05) is 32.9 Å². The van der Waals surface area contributed by atoms with Crippen molar-refractivity contribution in [3.8, 4) is 11.5 Å². The van der Waals surface area contributed by atoms with Gasteiger partial charge in [-0.05, 0) is 30.3 Å². The van der Waals surface area contributed by atoms with E-state index >= 15 is 0 Å². The van der Waals surface area contributed by atoms with Crippen LogP contribution in [0.3, 0.4) is 0 Å². The molecule has 1 amide bonds. The van der Waals surface area contributed by atoms with Crippen molar-refractivity contribution in [3.63, 3.8) is 0 Å². The predicted molar refractivity (Wildman–Crippen MR) is 87.5 cm³/mol. The Bertz CT molecular complexity index is 878. The number of fused-ring (bicyclic) bond motifs is 1. The van der Waals surface area contributed by atoms with Crippen LogP contribution >= 0.6 is 0 Å². The molecule has 3 aromatic rings. The average molecular weight is 312 g/mol. The number of hydrogen-bond donors (Lipinski definition) is 1. The molecule has 3 rings (SSSR count). The van der Waals surface area contributed by atoms with Crippen molar-refractivity contribution in [1.82, 2.24) is 4.98 Å². The maximum Gasteiger partial charge on any atom is 0.230 e. The van der Waals surface area contributed by atoms with E-state index in [0.717, 1.165) is 0 Å². The summed E-state index contributed by atoms with van der Waals surface area (Å²) in [6.07, 6.45) is 0. The lowest BCUT2D eigenvalue weighted by Crippen LogP contribution is -2.27. The second-order valence-corrected chi connectivity index (χ2v) is 6.39. The van der Waals surface area contributed by atoms with Crippen LogP contribution in [0.5, 0.6) is 0 Å². The smallest absolute Gasteiger partial charge is 0.230 e. The van der Waals surface area contributed by atoms with E-state index in [1.54, 1.807) is 36.4 Å². The fourth-order valence-electron chi connectivity index (χ4n) is 2.07. The van der Waals surface area contributed by atoms with Gasteiger partial charge in [-0.15, -0.1) is 0 Å². The van der Waals surface area contributed by atoms with E-state index in [4.69, 9.17) is 4.42 Å². The largest absolute Gasteiger partial charge is 0.436 e. The SMILES string of the molecule is CC(C)(C)C(=O)Nc1ccc2oc(-c3ccccc3F)nc2c1. The van der Waals surface area contributed by atoms with Crippen LogP contribution in [0.4, 0.5) is 10.1 Å². The van der Waals surface area contributed by atoms with Crippen LogP contribution in [0, 0.1) is 11.2 Å². The van der Waals surface area contributed by atoms with Crippen LogP contribution in [0.2, 0.25) is 0 Å². The summed E-state index contributed by atoms with van der Waals surface area (Å²) in [5.41, 5.74) is 1.55. The molecular formula is C18H17FN2O2. The fourth-order valence-corrected chi connectivity index (χ4v) is 2.07. The lowest BCUT2D eigenvalue weighted by molar-refractivity contribution is -0.123. The summed E-state index contributed by atoms with van der Waals surface area (Å²) >= 11 is 0. The second-order valence-electron chi connectivity index (χ2n) is 6.39. The third-order valence-corrected chi connectivity index (χ3v) is 3.43. The molecule has 0 saturated heterocycles. The number of anilines is 1. The van der Waals surface area contributed by atoms with Gasteiger partial charge in [0.25, 0.3) is 0 Å². The van der Waals surface area contributed by atoms with Crippen LogP contribution in [0.1, 0.15) is 20.8 Å². The van der Waals surface area contributed by atoms with E-state index in [2.05, 4.69) is 10.3 Å². The minimum Gasteiger partial charge on any atom is -0.436 e. The molecule has 0 aliphatic carbocycles. The normalized spacial score (nSPS) is 11.7. The Hall–Kier alpha value is -2.69.